The molecule has 3 aliphatic heterocycles. The average molecular weight is 723 g/mol. The molecule has 0 radical (unpaired) electrons. The number of likely N-dealkylation sites (tertiary alicyclic amines) is 1. The topological polar surface area (TPSA) is 125 Å². The van der Waals surface area contributed by atoms with Crippen LogP contribution in [0.3, 0.4) is 0 Å². The Morgan fingerprint density at radius 3 is 2.58 bits per heavy atom. The Labute approximate surface area is 290 Å². The van der Waals surface area contributed by atoms with Gasteiger partial charge >= 0.3 is 5.97 Å². The lowest BCUT2D eigenvalue weighted by Crippen LogP contribution is -2.59. The standard InChI is InChI=1S/C37H44BrN3O7/c1-6-8-14-29(43)39-20-28(25-12-10-9-11-13-25)47-36(46)30-31-34(44)41(24(5)21-42)33(37(31)19-26(38)32(30)48-37)35(45)40(17-7-2)27-18-22(3)15-16-23(27)4/h6-7,9-13,15-16,18,24,26,28,30-33,42H,1-2,8,14,17,19-21H2,3-5H3,(H,39,43)/t24-,26?,28-,30-,31+,32-,33-,37+/m1/s1. The van der Waals surface area contributed by atoms with Crippen LogP contribution in [0.25, 0.3) is 0 Å². The van der Waals surface area contributed by atoms with Gasteiger partial charge in [-0.1, -0.05) is 70.5 Å². The molecule has 1 unspecified atom stereocenters. The molecule has 48 heavy (non-hydrogen) atoms. The molecule has 3 aliphatic rings. The lowest BCUT2D eigenvalue weighted by atomic mass is 9.70. The van der Waals surface area contributed by atoms with Gasteiger partial charge in [-0.05, 0) is 56.4 Å². The molecule has 1 spiro atoms. The molecule has 2 N–H and O–H groups in total. The summed E-state index contributed by atoms with van der Waals surface area (Å²) in [4.78, 5) is 58.7. The largest absolute Gasteiger partial charge is 0.455 e. The Hall–Kier alpha value is -3.80. The summed E-state index contributed by atoms with van der Waals surface area (Å²) in [6.45, 7) is 12.9. The SMILES string of the molecule is C=CCCC(=O)NC[C@@H](OC(=O)[C@H]1[C@@H]2O[C@@]3(CC2Br)[C@@H]1C(=O)N([C@H](C)CO)[C@@H]3C(=O)N(CC=C)c1cc(C)ccc1C)c1ccccc1. The zero-order chi connectivity index (χ0) is 34.7. The highest BCUT2D eigenvalue weighted by molar-refractivity contribution is 9.09. The van der Waals surface area contributed by atoms with Gasteiger partial charge in [0.2, 0.25) is 11.8 Å². The summed E-state index contributed by atoms with van der Waals surface area (Å²) < 4.78 is 12.8. The number of nitrogens with zero attached hydrogens (tertiary/aromatic N) is 2. The molecule has 10 nitrogen and oxygen atoms in total. The summed E-state index contributed by atoms with van der Waals surface area (Å²) >= 11 is 3.71. The minimum Gasteiger partial charge on any atom is -0.455 e. The number of hydrogen-bond donors (Lipinski definition) is 2. The summed E-state index contributed by atoms with van der Waals surface area (Å²) in [5.74, 6) is -3.72. The predicted molar refractivity (Wildman–Crippen MR) is 185 cm³/mol. The number of benzene rings is 2. The van der Waals surface area contributed by atoms with E-state index in [4.69, 9.17) is 9.47 Å². The quantitative estimate of drug-likeness (QED) is 0.169. The van der Waals surface area contributed by atoms with Crippen molar-refractivity contribution in [1.29, 1.82) is 0 Å². The van der Waals surface area contributed by atoms with E-state index in [0.717, 1.165) is 11.1 Å². The number of aliphatic hydroxyl groups excluding tert-OH is 1. The van der Waals surface area contributed by atoms with Crippen LogP contribution in [0.15, 0.2) is 73.8 Å². The second-order valence-corrected chi connectivity index (χ2v) is 14.1. The van der Waals surface area contributed by atoms with Crippen molar-refractivity contribution in [2.75, 3.05) is 24.6 Å². The Bertz CT molecular complexity index is 1570. The van der Waals surface area contributed by atoms with E-state index in [1.165, 1.54) is 4.90 Å². The van der Waals surface area contributed by atoms with Crippen LogP contribution in [-0.4, -0.2) is 82.0 Å². The smallest absolute Gasteiger partial charge is 0.313 e. The number of fused-ring (bicyclic) bond motifs is 1. The number of anilines is 1. The van der Waals surface area contributed by atoms with E-state index >= 15 is 0 Å². The molecule has 0 saturated carbocycles. The molecule has 0 aliphatic carbocycles. The molecular weight excluding hydrogens is 678 g/mol. The summed E-state index contributed by atoms with van der Waals surface area (Å²) in [7, 11) is 0. The monoisotopic (exact) mass is 721 g/mol. The lowest BCUT2D eigenvalue weighted by molar-refractivity contribution is -0.160. The van der Waals surface area contributed by atoms with E-state index in [-0.39, 0.29) is 42.8 Å². The fourth-order valence-corrected chi connectivity index (χ4v) is 8.36. The summed E-state index contributed by atoms with van der Waals surface area (Å²) in [6, 6.07) is 13.1. The van der Waals surface area contributed by atoms with Gasteiger partial charge in [0.1, 0.15) is 17.7 Å². The van der Waals surface area contributed by atoms with E-state index < -0.39 is 53.6 Å². The fourth-order valence-electron chi connectivity index (χ4n) is 7.41. The van der Waals surface area contributed by atoms with Gasteiger partial charge in [-0.2, -0.15) is 0 Å². The maximum atomic E-state index is 14.8. The summed E-state index contributed by atoms with van der Waals surface area (Å²) in [5, 5.41) is 13.1. The number of esters is 1. The predicted octanol–water partition coefficient (Wildman–Crippen LogP) is 4.32. The number of allylic oxidation sites excluding steroid dienone is 1. The number of halogens is 1. The van der Waals surface area contributed by atoms with E-state index in [0.29, 0.717) is 24.1 Å². The normalized spacial score (nSPS) is 26.8. The minimum absolute atomic E-state index is 0.0343. The first-order valence-corrected chi connectivity index (χ1v) is 17.3. The second kappa shape index (κ2) is 14.8. The Morgan fingerprint density at radius 1 is 1.19 bits per heavy atom. The molecule has 8 atom stereocenters. The average Bonchev–Trinajstić information content (AvgIpc) is 3.68. The van der Waals surface area contributed by atoms with Crippen molar-refractivity contribution in [3.8, 4) is 0 Å². The fraction of sp³-hybridized carbons (Fsp3) is 0.459. The van der Waals surface area contributed by atoms with Gasteiger partial charge in [-0.15, -0.1) is 13.2 Å². The molecule has 3 saturated heterocycles. The molecule has 3 fully saturated rings. The van der Waals surface area contributed by atoms with E-state index in [1.807, 2.05) is 62.4 Å². The third kappa shape index (κ3) is 6.47. The first kappa shape index (κ1) is 35.5. The number of alkyl halides is 1. The minimum atomic E-state index is -1.35. The van der Waals surface area contributed by atoms with Crippen LogP contribution in [0, 0.1) is 25.7 Å². The van der Waals surface area contributed by atoms with Crippen molar-refractivity contribution >= 4 is 45.3 Å². The number of hydrogen-bond acceptors (Lipinski definition) is 7. The number of ether oxygens (including phenoxy) is 2. The molecule has 5 rings (SSSR count). The number of carbonyl (C=O) groups excluding carboxylic acids is 4. The van der Waals surface area contributed by atoms with Crippen LogP contribution in [-0.2, 0) is 28.7 Å². The van der Waals surface area contributed by atoms with Crippen molar-refractivity contribution < 1.29 is 33.8 Å². The lowest BCUT2D eigenvalue weighted by Gasteiger charge is -2.39. The molecule has 0 aromatic heterocycles. The molecule has 256 valence electrons. The Balaban J connectivity index is 1.50. The van der Waals surface area contributed by atoms with Crippen molar-refractivity contribution in [1.82, 2.24) is 10.2 Å². The van der Waals surface area contributed by atoms with Crippen LogP contribution in [0.1, 0.15) is 49.0 Å². The number of aryl methyl sites for hydroxylation is 2. The summed E-state index contributed by atoms with van der Waals surface area (Å²) in [6.07, 6.45) is 2.79. The van der Waals surface area contributed by atoms with Crippen LogP contribution >= 0.6 is 15.9 Å². The number of carbonyl (C=O) groups is 4. The van der Waals surface area contributed by atoms with E-state index in [1.54, 1.807) is 24.0 Å². The third-order valence-electron chi connectivity index (χ3n) is 9.70. The number of rotatable bonds is 14. The zero-order valence-electron chi connectivity index (χ0n) is 27.6. The Kier molecular flexibility index (Phi) is 10.9. The maximum absolute atomic E-state index is 14.8. The Morgan fingerprint density at radius 2 is 1.92 bits per heavy atom. The molecular formula is C37H44BrN3O7. The van der Waals surface area contributed by atoms with Crippen LogP contribution in [0.5, 0.6) is 0 Å². The molecule has 11 heteroatoms. The number of nitrogens with one attached hydrogen (secondary N) is 1. The molecule has 2 bridgehead atoms. The highest BCUT2D eigenvalue weighted by Gasteiger charge is 2.77. The number of aliphatic hydroxyl groups is 1. The van der Waals surface area contributed by atoms with Gasteiger partial charge < -0.3 is 29.7 Å². The van der Waals surface area contributed by atoms with Gasteiger partial charge in [0.25, 0.3) is 5.91 Å². The van der Waals surface area contributed by atoms with Crippen LogP contribution in [0.4, 0.5) is 5.69 Å². The van der Waals surface area contributed by atoms with Crippen LogP contribution < -0.4 is 10.2 Å². The van der Waals surface area contributed by atoms with Gasteiger partial charge in [0.05, 0.1) is 37.1 Å². The molecule has 3 amide bonds. The third-order valence-corrected chi connectivity index (χ3v) is 10.5. The van der Waals surface area contributed by atoms with Crippen molar-refractivity contribution in [3.05, 3.63) is 90.5 Å². The van der Waals surface area contributed by atoms with Crippen LogP contribution in [0.2, 0.25) is 0 Å². The maximum Gasteiger partial charge on any atom is 0.313 e. The van der Waals surface area contributed by atoms with Gasteiger partial charge in [0.15, 0.2) is 0 Å². The van der Waals surface area contributed by atoms with E-state index in [2.05, 4.69) is 34.4 Å². The highest BCUT2D eigenvalue weighted by Crippen LogP contribution is 2.61. The van der Waals surface area contributed by atoms with Gasteiger partial charge in [-0.25, -0.2) is 0 Å². The number of amides is 3. The highest BCUT2D eigenvalue weighted by atomic mass is 79.9. The first-order valence-electron chi connectivity index (χ1n) is 16.4. The van der Waals surface area contributed by atoms with Gasteiger partial charge in [0, 0.05) is 23.5 Å². The van der Waals surface area contributed by atoms with E-state index in [9.17, 15) is 24.3 Å². The van der Waals surface area contributed by atoms with Gasteiger partial charge in [-0.3, -0.25) is 19.2 Å². The van der Waals surface area contributed by atoms with Crippen molar-refractivity contribution in [3.63, 3.8) is 0 Å². The van der Waals surface area contributed by atoms with Crippen molar-refractivity contribution in [2.45, 2.75) is 74.8 Å². The zero-order valence-corrected chi connectivity index (χ0v) is 29.2. The molecule has 2 aromatic carbocycles. The molecule has 2 aromatic rings. The molecule has 3 heterocycles. The second-order valence-electron chi connectivity index (χ2n) is 12.9. The summed E-state index contributed by atoms with van der Waals surface area (Å²) in [5.41, 5.74) is 1.85. The first-order chi connectivity index (χ1) is 23.0. The van der Waals surface area contributed by atoms with Crippen molar-refractivity contribution in [2.24, 2.45) is 11.8 Å².